The number of ketones is 2. The van der Waals surface area contributed by atoms with Crippen LogP contribution < -0.4 is 0 Å². The highest BCUT2D eigenvalue weighted by Crippen LogP contribution is 2.28. The van der Waals surface area contributed by atoms with Crippen molar-refractivity contribution in [3.05, 3.63) is 52.6 Å². The van der Waals surface area contributed by atoms with Gasteiger partial charge in [0.05, 0.1) is 17.0 Å². The molecule has 0 aliphatic carbocycles. The zero-order chi connectivity index (χ0) is 22.0. The second-order valence-electron chi connectivity index (χ2n) is 7.68. The molecule has 0 aliphatic heterocycles. The van der Waals surface area contributed by atoms with Crippen molar-refractivity contribution in [2.24, 2.45) is 5.92 Å². The topological polar surface area (TPSA) is 80.6 Å². The number of Topliss-reactive ketones (excluding diaryl/α,β-unsaturated/α-hetero) is 2. The third-order valence-corrected chi connectivity index (χ3v) is 5.75. The van der Waals surface area contributed by atoms with Crippen LogP contribution in [0.4, 0.5) is 4.39 Å². The van der Waals surface area contributed by atoms with Crippen LogP contribution in [0.1, 0.15) is 52.9 Å². The van der Waals surface area contributed by atoms with E-state index in [-0.39, 0.29) is 29.1 Å². The number of aromatic amines is 1. The van der Waals surface area contributed by atoms with Crippen LogP contribution in [-0.2, 0) is 6.54 Å². The number of carbonyl (C=O) groups excluding carboxylic acids is 2. The second-order valence-corrected chi connectivity index (χ2v) is 8.63. The lowest BCUT2D eigenvalue weighted by atomic mass is 10.1. The molecule has 0 fully saturated rings. The van der Waals surface area contributed by atoms with Crippen LogP contribution in [0.3, 0.4) is 0 Å². The fraction of sp³-hybridized carbons (Fsp3) is 0.364. The van der Waals surface area contributed by atoms with Gasteiger partial charge in [0.2, 0.25) is 0 Å². The summed E-state index contributed by atoms with van der Waals surface area (Å²) in [6.07, 6.45) is 0. The fourth-order valence-corrected chi connectivity index (χ4v) is 4.35. The summed E-state index contributed by atoms with van der Waals surface area (Å²) in [5.74, 6) is 0.303. The van der Waals surface area contributed by atoms with Crippen molar-refractivity contribution < 1.29 is 14.0 Å². The molecule has 0 radical (unpaired) electrons. The Labute approximate surface area is 179 Å². The van der Waals surface area contributed by atoms with Crippen molar-refractivity contribution in [1.82, 2.24) is 19.7 Å². The highest BCUT2D eigenvalue weighted by Gasteiger charge is 2.22. The van der Waals surface area contributed by atoms with Gasteiger partial charge in [-0.1, -0.05) is 37.7 Å². The van der Waals surface area contributed by atoms with Crippen LogP contribution in [0.2, 0.25) is 0 Å². The molecule has 0 atom stereocenters. The predicted molar refractivity (Wildman–Crippen MR) is 116 cm³/mol. The smallest absolute Gasteiger partial charge is 0.191 e. The Bertz CT molecular complexity index is 1100. The average Bonchev–Trinajstić information content (AvgIpc) is 3.19. The first kappa shape index (κ1) is 22.0. The van der Waals surface area contributed by atoms with E-state index in [1.54, 1.807) is 32.0 Å². The molecule has 0 unspecified atom stereocenters. The predicted octanol–water partition coefficient (Wildman–Crippen LogP) is 4.86. The summed E-state index contributed by atoms with van der Waals surface area (Å²) >= 11 is 1.26. The molecule has 158 valence electrons. The van der Waals surface area contributed by atoms with E-state index in [4.69, 9.17) is 0 Å². The van der Waals surface area contributed by atoms with Crippen molar-refractivity contribution >= 4 is 23.3 Å². The van der Waals surface area contributed by atoms with E-state index in [0.29, 0.717) is 45.6 Å². The zero-order valence-electron chi connectivity index (χ0n) is 17.7. The summed E-state index contributed by atoms with van der Waals surface area (Å²) in [7, 11) is 0. The zero-order valence-corrected chi connectivity index (χ0v) is 18.6. The van der Waals surface area contributed by atoms with E-state index in [0.717, 1.165) is 0 Å². The van der Waals surface area contributed by atoms with Crippen LogP contribution in [0.5, 0.6) is 0 Å². The molecule has 1 aromatic carbocycles. The normalized spacial score (nSPS) is 11.3. The number of hydrogen-bond donors (Lipinski definition) is 1. The molecular formula is C22H25FN4O2S. The van der Waals surface area contributed by atoms with E-state index in [9.17, 15) is 14.0 Å². The third-order valence-electron chi connectivity index (χ3n) is 4.78. The summed E-state index contributed by atoms with van der Waals surface area (Å²) in [5, 5.41) is 8.98. The lowest BCUT2D eigenvalue weighted by molar-refractivity contribution is 0.101. The molecule has 0 spiro atoms. The quantitative estimate of drug-likeness (QED) is 0.409. The lowest BCUT2D eigenvalue weighted by Crippen LogP contribution is -2.10. The van der Waals surface area contributed by atoms with E-state index in [1.807, 2.05) is 4.57 Å². The first-order valence-corrected chi connectivity index (χ1v) is 10.7. The van der Waals surface area contributed by atoms with Crippen molar-refractivity contribution in [3.8, 4) is 11.4 Å². The van der Waals surface area contributed by atoms with Crippen LogP contribution in [0, 0.1) is 25.6 Å². The van der Waals surface area contributed by atoms with Gasteiger partial charge in [-0.25, -0.2) is 4.39 Å². The van der Waals surface area contributed by atoms with Gasteiger partial charge in [-0.15, -0.1) is 10.2 Å². The molecule has 3 rings (SSSR count). The average molecular weight is 429 g/mol. The van der Waals surface area contributed by atoms with Gasteiger partial charge in [-0.2, -0.15) is 0 Å². The largest absolute Gasteiger partial charge is 0.355 e. The molecule has 1 N–H and O–H groups in total. The van der Waals surface area contributed by atoms with Crippen molar-refractivity contribution in [2.45, 2.75) is 46.3 Å². The molecule has 8 heteroatoms. The van der Waals surface area contributed by atoms with Crippen LogP contribution >= 0.6 is 11.8 Å². The molecule has 0 bridgehead atoms. The maximum Gasteiger partial charge on any atom is 0.191 e. The number of aromatic nitrogens is 4. The minimum Gasteiger partial charge on any atom is -0.355 e. The number of hydrogen-bond acceptors (Lipinski definition) is 5. The van der Waals surface area contributed by atoms with E-state index in [1.165, 1.54) is 24.8 Å². The van der Waals surface area contributed by atoms with Gasteiger partial charge in [0.1, 0.15) is 5.82 Å². The summed E-state index contributed by atoms with van der Waals surface area (Å²) in [6.45, 7) is 9.76. The van der Waals surface area contributed by atoms with Gasteiger partial charge in [-0.3, -0.25) is 9.59 Å². The Morgan fingerprint density at radius 2 is 1.90 bits per heavy atom. The molecular weight excluding hydrogens is 403 g/mol. The molecule has 30 heavy (non-hydrogen) atoms. The number of rotatable bonds is 8. The summed E-state index contributed by atoms with van der Waals surface area (Å²) in [5.41, 5.74) is 2.74. The highest BCUT2D eigenvalue weighted by molar-refractivity contribution is 7.99. The van der Waals surface area contributed by atoms with Gasteiger partial charge in [0.25, 0.3) is 0 Å². The van der Waals surface area contributed by atoms with Gasteiger partial charge in [-0.05, 0) is 44.4 Å². The summed E-state index contributed by atoms with van der Waals surface area (Å²) in [6, 6.07) is 6.45. The van der Waals surface area contributed by atoms with Gasteiger partial charge in [0, 0.05) is 17.8 Å². The van der Waals surface area contributed by atoms with E-state index >= 15 is 0 Å². The summed E-state index contributed by atoms with van der Waals surface area (Å²) in [4.78, 5) is 27.7. The van der Waals surface area contributed by atoms with Gasteiger partial charge < -0.3 is 9.55 Å². The Hall–Kier alpha value is -2.74. The first-order valence-electron chi connectivity index (χ1n) is 9.74. The molecule has 2 aromatic heterocycles. The first-order chi connectivity index (χ1) is 14.2. The van der Waals surface area contributed by atoms with E-state index in [2.05, 4.69) is 29.0 Å². The number of nitrogens with zero attached hydrogens (tertiary/aromatic N) is 3. The Kier molecular flexibility index (Phi) is 6.55. The monoisotopic (exact) mass is 428 g/mol. The number of benzene rings is 1. The van der Waals surface area contributed by atoms with E-state index < -0.39 is 0 Å². The number of carbonyl (C=O) groups is 2. The molecule has 3 aromatic rings. The number of nitrogens with one attached hydrogen (secondary N) is 1. The maximum atomic E-state index is 14.3. The molecule has 0 amide bonds. The minimum absolute atomic E-state index is 0.0702. The third kappa shape index (κ3) is 4.38. The van der Waals surface area contributed by atoms with Gasteiger partial charge >= 0.3 is 0 Å². The summed E-state index contributed by atoms with van der Waals surface area (Å²) < 4.78 is 16.2. The van der Waals surface area contributed by atoms with Crippen LogP contribution in [0.15, 0.2) is 29.4 Å². The standard InChI is InChI=1S/C22H25FN4O2S/c1-12(2)10-27-21(16-8-6-7-9-17(16)23)25-26-22(27)30-11-18(29)20-13(3)19(15(5)28)14(4)24-20/h6-9,12,24H,10-11H2,1-5H3. The number of thioether (sulfide) groups is 1. The Balaban J connectivity index is 1.87. The van der Waals surface area contributed by atoms with Crippen molar-refractivity contribution in [1.29, 1.82) is 0 Å². The van der Waals surface area contributed by atoms with Crippen LogP contribution in [-0.4, -0.2) is 37.1 Å². The number of halogens is 1. The molecule has 6 nitrogen and oxygen atoms in total. The van der Waals surface area contributed by atoms with Gasteiger partial charge in [0.15, 0.2) is 22.5 Å². The number of aryl methyl sites for hydroxylation is 1. The Morgan fingerprint density at radius 3 is 2.50 bits per heavy atom. The molecule has 0 saturated carbocycles. The minimum atomic E-state index is -0.364. The highest BCUT2D eigenvalue weighted by atomic mass is 32.2. The number of H-pyrrole nitrogens is 1. The fourth-order valence-electron chi connectivity index (χ4n) is 3.53. The maximum absolute atomic E-state index is 14.3. The molecule has 2 heterocycles. The van der Waals surface area contributed by atoms with Crippen molar-refractivity contribution in [3.63, 3.8) is 0 Å². The van der Waals surface area contributed by atoms with Crippen molar-refractivity contribution in [2.75, 3.05) is 5.75 Å². The second kappa shape index (κ2) is 8.95. The molecule has 0 aliphatic rings. The molecule has 0 saturated heterocycles. The SMILES string of the molecule is CC(=O)c1c(C)[nH]c(C(=O)CSc2nnc(-c3ccccc3F)n2CC(C)C)c1C. The van der Waals surface area contributed by atoms with Crippen LogP contribution in [0.25, 0.3) is 11.4 Å². The Morgan fingerprint density at radius 1 is 1.20 bits per heavy atom. The lowest BCUT2D eigenvalue weighted by Gasteiger charge is -2.12.